The van der Waals surface area contributed by atoms with Crippen molar-refractivity contribution in [1.29, 1.82) is 0 Å². The van der Waals surface area contributed by atoms with Gasteiger partial charge in [-0.3, -0.25) is 14.7 Å². The molecule has 0 saturated carbocycles. The number of hydrogen-bond acceptors (Lipinski definition) is 7. The fourth-order valence-corrected chi connectivity index (χ4v) is 4.21. The first kappa shape index (κ1) is 26.3. The highest BCUT2D eigenvalue weighted by atomic mass is 19.4. The zero-order valence-corrected chi connectivity index (χ0v) is 20.9. The topological polar surface area (TPSA) is 97.2 Å². The summed E-state index contributed by atoms with van der Waals surface area (Å²) >= 11 is 0. The quantitative estimate of drug-likeness (QED) is 0.345. The number of hydrogen-bond donors (Lipinski definition) is 2. The van der Waals surface area contributed by atoms with E-state index in [2.05, 4.69) is 30.6 Å². The van der Waals surface area contributed by atoms with E-state index < -0.39 is 11.9 Å². The number of nitrogens with one attached hydrogen (secondary N) is 2. The molecule has 3 aromatic heterocycles. The standard InChI is InChI=1S/C27H26F3N7O2/c28-27(29,30)24-17-23(19-3-1-9-31-18-19)37(35-24)21-7-5-20(6-8-21)34-26(38)22-4-2-10-32-25(22)33-11-12-36-13-15-39-16-14-36/h1-10,17-18H,11-16H2,(H,32,33)(H,34,38). The lowest BCUT2D eigenvalue weighted by Gasteiger charge is -2.26. The SMILES string of the molecule is O=C(Nc1ccc(-n2nc(C(F)(F)F)cc2-c2cccnc2)cc1)c1cccnc1NCCN1CCOCC1. The number of carbonyl (C=O) groups excluding carboxylic acids is 1. The molecule has 9 nitrogen and oxygen atoms in total. The number of halogens is 3. The van der Waals surface area contributed by atoms with Crippen molar-refractivity contribution in [2.45, 2.75) is 6.18 Å². The molecule has 0 spiro atoms. The minimum absolute atomic E-state index is 0.246. The zero-order valence-electron chi connectivity index (χ0n) is 20.9. The van der Waals surface area contributed by atoms with Crippen LogP contribution >= 0.6 is 0 Å². The first-order valence-electron chi connectivity index (χ1n) is 12.4. The first-order chi connectivity index (χ1) is 18.9. The lowest BCUT2D eigenvalue weighted by atomic mass is 10.2. The van der Waals surface area contributed by atoms with Gasteiger partial charge in [0.05, 0.1) is 30.2 Å². The van der Waals surface area contributed by atoms with E-state index in [0.717, 1.165) is 25.7 Å². The highest BCUT2D eigenvalue weighted by molar-refractivity contribution is 6.07. The van der Waals surface area contributed by atoms with E-state index in [-0.39, 0.29) is 11.6 Å². The van der Waals surface area contributed by atoms with E-state index in [1.54, 1.807) is 60.9 Å². The summed E-state index contributed by atoms with van der Waals surface area (Å²) in [6, 6.07) is 14.0. The molecule has 202 valence electrons. The van der Waals surface area contributed by atoms with Crippen molar-refractivity contribution in [1.82, 2.24) is 24.6 Å². The van der Waals surface area contributed by atoms with E-state index in [1.807, 2.05) is 0 Å². The summed E-state index contributed by atoms with van der Waals surface area (Å²) < 4.78 is 46.9. The second-order valence-corrected chi connectivity index (χ2v) is 8.85. The molecule has 1 saturated heterocycles. The smallest absolute Gasteiger partial charge is 0.379 e. The Morgan fingerprint density at radius 3 is 2.51 bits per heavy atom. The van der Waals surface area contributed by atoms with Crippen LogP contribution in [0.3, 0.4) is 0 Å². The lowest BCUT2D eigenvalue weighted by Crippen LogP contribution is -2.39. The molecule has 1 fully saturated rings. The number of morpholine rings is 1. The largest absolute Gasteiger partial charge is 0.435 e. The van der Waals surface area contributed by atoms with E-state index >= 15 is 0 Å². The molecule has 1 aliphatic heterocycles. The Bertz CT molecular complexity index is 1400. The van der Waals surface area contributed by atoms with Gasteiger partial charge in [-0.1, -0.05) is 0 Å². The van der Waals surface area contributed by atoms with Crippen molar-refractivity contribution in [2.75, 3.05) is 50.0 Å². The van der Waals surface area contributed by atoms with Gasteiger partial charge in [-0.15, -0.1) is 0 Å². The maximum Gasteiger partial charge on any atom is 0.435 e. The van der Waals surface area contributed by atoms with Crippen LogP contribution in [-0.4, -0.2) is 69.9 Å². The summed E-state index contributed by atoms with van der Waals surface area (Å²) in [4.78, 5) is 23.6. The number of anilines is 2. The Morgan fingerprint density at radius 1 is 1.03 bits per heavy atom. The molecule has 4 aromatic rings. The molecule has 2 N–H and O–H groups in total. The van der Waals surface area contributed by atoms with Gasteiger partial charge in [-0.25, -0.2) is 9.67 Å². The number of pyridine rings is 2. The van der Waals surface area contributed by atoms with Crippen LogP contribution in [0.1, 0.15) is 16.1 Å². The third-order valence-electron chi connectivity index (χ3n) is 6.20. The molecule has 0 atom stereocenters. The zero-order chi connectivity index (χ0) is 27.2. The monoisotopic (exact) mass is 537 g/mol. The first-order valence-corrected chi connectivity index (χ1v) is 12.4. The molecule has 39 heavy (non-hydrogen) atoms. The normalized spacial score (nSPS) is 14.2. The van der Waals surface area contributed by atoms with Crippen molar-refractivity contribution in [3.05, 3.63) is 84.4 Å². The Kier molecular flexibility index (Phi) is 7.84. The summed E-state index contributed by atoms with van der Waals surface area (Å²) in [5, 5.41) is 9.85. The second-order valence-electron chi connectivity index (χ2n) is 8.85. The molecule has 4 heterocycles. The molecule has 1 aliphatic rings. The van der Waals surface area contributed by atoms with E-state index in [0.29, 0.717) is 48.1 Å². The van der Waals surface area contributed by atoms with Crippen LogP contribution in [0, 0.1) is 0 Å². The van der Waals surface area contributed by atoms with Crippen molar-refractivity contribution < 1.29 is 22.7 Å². The number of amides is 1. The fourth-order valence-electron chi connectivity index (χ4n) is 4.21. The lowest BCUT2D eigenvalue weighted by molar-refractivity contribution is -0.141. The molecule has 0 aliphatic carbocycles. The number of nitrogens with zero attached hydrogens (tertiary/aromatic N) is 5. The van der Waals surface area contributed by atoms with Gasteiger partial charge < -0.3 is 15.4 Å². The molecule has 1 amide bonds. The van der Waals surface area contributed by atoms with Gasteiger partial charge in [0.2, 0.25) is 0 Å². The molecular formula is C27H26F3N7O2. The fraction of sp³-hybridized carbons (Fsp3) is 0.259. The predicted molar refractivity (Wildman–Crippen MR) is 140 cm³/mol. The molecule has 12 heteroatoms. The number of aromatic nitrogens is 4. The van der Waals surface area contributed by atoms with Crippen LogP contribution in [-0.2, 0) is 10.9 Å². The third kappa shape index (κ3) is 6.41. The van der Waals surface area contributed by atoms with Gasteiger partial charge in [0.1, 0.15) is 5.82 Å². The number of benzene rings is 1. The Hall–Kier alpha value is -4.29. The summed E-state index contributed by atoms with van der Waals surface area (Å²) in [6.45, 7) is 4.58. The Labute approximate surface area is 222 Å². The summed E-state index contributed by atoms with van der Waals surface area (Å²) in [6.07, 6.45) is 0.0258. The molecule has 1 aromatic carbocycles. The average Bonchev–Trinajstić information content (AvgIpc) is 3.41. The molecule has 0 bridgehead atoms. The second kappa shape index (κ2) is 11.6. The molecule has 0 unspecified atom stereocenters. The van der Waals surface area contributed by atoms with Crippen molar-refractivity contribution in [3.8, 4) is 16.9 Å². The maximum absolute atomic E-state index is 13.4. The van der Waals surface area contributed by atoms with Crippen LogP contribution in [0.2, 0.25) is 0 Å². The average molecular weight is 538 g/mol. The minimum Gasteiger partial charge on any atom is -0.379 e. The minimum atomic E-state index is -4.60. The number of alkyl halides is 3. The number of rotatable bonds is 8. The van der Waals surface area contributed by atoms with Crippen molar-refractivity contribution in [3.63, 3.8) is 0 Å². The van der Waals surface area contributed by atoms with E-state index in [9.17, 15) is 18.0 Å². The van der Waals surface area contributed by atoms with Crippen LogP contribution in [0.15, 0.2) is 73.2 Å². The highest BCUT2D eigenvalue weighted by Crippen LogP contribution is 2.33. The van der Waals surface area contributed by atoms with Gasteiger partial charge in [-0.2, -0.15) is 18.3 Å². The highest BCUT2D eigenvalue weighted by Gasteiger charge is 2.35. The predicted octanol–water partition coefficient (Wildman–Crippen LogP) is 4.34. The van der Waals surface area contributed by atoms with Gasteiger partial charge in [-0.05, 0) is 54.6 Å². The van der Waals surface area contributed by atoms with Crippen molar-refractivity contribution >= 4 is 17.4 Å². The Balaban J connectivity index is 1.30. The van der Waals surface area contributed by atoms with E-state index in [4.69, 9.17) is 4.74 Å². The summed E-state index contributed by atoms with van der Waals surface area (Å²) in [5.74, 6) is 0.108. The van der Waals surface area contributed by atoms with Crippen LogP contribution < -0.4 is 10.6 Å². The van der Waals surface area contributed by atoms with E-state index in [1.165, 1.54) is 10.9 Å². The van der Waals surface area contributed by atoms with Crippen LogP contribution in [0.5, 0.6) is 0 Å². The molecular weight excluding hydrogens is 511 g/mol. The van der Waals surface area contributed by atoms with Crippen molar-refractivity contribution in [2.24, 2.45) is 0 Å². The third-order valence-corrected chi connectivity index (χ3v) is 6.20. The molecule has 5 rings (SSSR count). The van der Waals surface area contributed by atoms with Crippen LogP contribution in [0.4, 0.5) is 24.7 Å². The van der Waals surface area contributed by atoms with Gasteiger partial charge in [0.25, 0.3) is 5.91 Å². The summed E-state index contributed by atoms with van der Waals surface area (Å²) in [7, 11) is 0. The maximum atomic E-state index is 13.4. The number of ether oxygens (including phenoxy) is 1. The van der Waals surface area contributed by atoms with Gasteiger partial charge in [0.15, 0.2) is 5.69 Å². The Morgan fingerprint density at radius 2 is 1.79 bits per heavy atom. The van der Waals surface area contributed by atoms with Gasteiger partial charge in [0, 0.05) is 56.0 Å². The van der Waals surface area contributed by atoms with Crippen LogP contribution in [0.25, 0.3) is 16.9 Å². The van der Waals surface area contributed by atoms with Gasteiger partial charge >= 0.3 is 6.18 Å². The summed E-state index contributed by atoms with van der Waals surface area (Å²) in [5.41, 5.74) is 0.971. The molecule has 0 radical (unpaired) electrons. The number of carbonyl (C=O) groups is 1.